The molecule has 0 atom stereocenters. The van der Waals surface area contributed by atoms with Crippen molar-refractivity contribution in [2.45, 2.75) is 19.9 Å². The molecule has 0 bridgehead atoms. The molecule has 0 fully saturated rings. The number of anilines is 1. The molecule has 6 nitrogen and oxygen atoms in total. The maximum absolute atomic E-state index is 14.3. The van der Waals surface area contributed by atoms with E-state index in [4.69, 9.17) is 10.5 Å². The molecule has 0 aliphatic rings. The van der Waals surface area contributed by atoms with Gasteiger partial charge in [-0.05, 0) is 35.3 Å². The summed E-state index contributed by atoms with van der Waals surface area (Å²) in [6.45, 7) is 3.30. The third kappa shape index (κ3) is 3.11. The van der Waals surface area contributed by atoms with E-state index in [-0.39, 0.29) is 11.6 Å². The van der Waals surface area contributed by atoms with Crippen LogP contribution < -0.4 is 5.73 Å². The van der Waals surface area contributed by atoms with Crippen LogP contribution in [0.2, 0.25) is 0 Å². The standard InChI is InChI=1S/C16H17BrFN5O/c1-9-15-10(6-13(17)21-9)11(8-23(15)4-3-5-24-2)14-12(18)7-20-16(19)22-14/h6-8H,3-5H2,1-2H3,(H2,19,20,22). The Balaban J connectivity index is 2.22. The molecule has 0 unspecified atom stereocenters. The van der Waals surface area contributed by atoms with Gasteiger partial charge in [0.25, 0.3) is 0 Å². The summed E-state index contributed by atoms with van der Waals surface area (Å²) >= 11 is 3.40. The first-order chi connectivity index (χ1) is 11.5. The highest BCUT2D eigenvalue weighted by molar-refractivity contribution is 9.10. The van der Waals surface area contributed by atoms with Gasteiger partial charge in [-0.25, -0.2) is 19.3 Å². The van der Waals surface area contributed by atoms with Gasteiger partial charge >= 0.3 is 0 Å². The predicted molar refractivity (Wildman–Crippen MR) is 94.1 cm³/mol. The van der Waals surface area contributed by atoms with Crippen LogP contribution in [0.4, 0.5) is 10.3 Å². The van der Waals surface area contributed by atoms with Crippen LogP contribution in [-0.2, 0) is 11.3 Å². The second-order valence-corrected chi connectivity index (χ2v) is 6.25. The molecule has 0 aliphatic carbocycles. The second kappa shape index (κ2) is 6.82. The SMILES string of the molecule is COCCCn1cc(-c2nc(N)ncc2F)c2cc(Br)nc(C)c21. The van der Waals surface area contributed by atoms with Crippen LogP contribution in [0, 0.1) is 12.7 Å². The Morgan fingerprint density at radius 2 is 2.17 bits per heavy atom. The van der Waals surface area contributed by atoms with Gasteiger partial charge in [-0.3, -0.25) is 0 Å². The van der Waals surface area contributed by atoms with Gasteiger partial charge in [0.05, 0.1) is 17.4 Å². The molecule has 126 valence electrons. The molecule has 0 aromatic carbocycles. The largest absolute Gasteiger partial charge is 0.385 e. The summed E-state index contributed by atoms with van der Waals surface area (Å²) in [4.78, 5) is 12.2. The predicted octanol–water partition coefficient (Wildman–Crippen LogP) is 3.32. The molecule has 3 aromatic heterocycles. The van der Waals surface area contributed by atoms with E-state index < -0.39 is 5.82 Å². The minimum atomic E-state index is -0.509. The molecule has 2 N–H and O–H groups in total. The normalized spacial score (nSPS) is 11.3. The summed E-state index contributed by atoms with van der Waals surface area (Å²) in [5, 5.41) is 0.865. The van der Waals surface area contributed by atoms with E-state index in [1.165, 1.54) is 0 Å². The van der Waals surface area contributed by atoms with E-state index in [2.05, 4.69) is 35.4 Å². The number of nitrogen functional groups attached to an aromatic ring is 1. The Bertz CT molecular complexity index is 896. The lowest BCUT2D eigenvalue weighted by Crippen LogP contribution is -2.01. The Morgan fingerprint density at radius 1 is 1.38 bits per heavy atom. The van der Waals surface area contributed by atoms with E-state index in [0.29, 0.717) is 16.8 Å². The number of aryl methyl sites for hydroxylation is 2. The smallest absolute Gasteiger partial charge is 0.220 e. The number of hydrogen-bond donors (Lipinski definition) is 1. The maximum Gasteiger partial charge on any atom is 0.220 e. The number of halogens is 2. The van der Waals surface area contributed by atoms with E-state index in [0.717, 1.165) is 35.8 Å². The van der Waals surface area contributed by atoms with Crippen molar-refractivity contribution in [3.63, 3.8) is 0 Å². The van der Waals surface area contributed by atoms with Gasteiger partial charge in [0.1, 0.15) is 10.3 Å². The number of hydrogen-bond acceptors (Lipinski definition) is 5. The lowest BCUT2D eigenvalue weighted by atomic mass is 10.1. The zero-order chi connectivity index (χ0) is 17.3. The van der Waals surface area contributed by atoms with Crippen molar-refractivity contribution >= 4 is 32.8 Å². The van der Waals surface area contributed by atoms with Crippen LogP contribution in [0.25, 0.3) is 22.2 Å². The highest BCUT2D eigenvalue weighted by atomic mass is 79.9. The topological polar surface area (TPSA) is 78.9 Å². The Kier molecular flexibility index (Phi) is 4.77. The van der Waals surface area contributed by atoms with Crippen LogP contribution in [0.15, 0.2) is 23.1 Å². The lowest BCUT2D eigenvalue weighted by molar-refractivity contribution is 0.190. The number of fused-ring (bicyclic) bond motifs is 1. The maximum atomic E-state index is 14.3. The molecule has 24 heavy (non-hydrogen) atoms. The summed E-state index contributed by atoms with van der Waals surface area (Å²) in [5.74, 6) is -0.470. The average molecular weight is 394 g/mol. The third-order valence-corrected chi connectivity index (χ3v) is 4.17. The van der Waals surface area contributed by atoms with Crippen molar-refractivity contribution in [3.05, 3.63) is 34.6 Å². The minimum Gasteiger partial charge on any atom is -0.385 e. The van der Waals surface area contributed by atoms with Gasteiger partial charge in [0, 0.05) is 37.4 Å². The van der Waals surface area contributed by atoms with Gasteiger partial charge in [-0.1, -0.05) is 0 Å². The molecule has 0 aliphatic heterocycles. The Morgan fingerprint density at radius 3 is 2.92 bits per heavy atom. The molecule has 0 spiro atoms. The lowest BCUT2D eigenvalue weighted by Gasteiger charge is -2.07. The van der Waals surface area contributed by atoms with Gasteiger partial charge < -0.3 is 15.0 Å². The molecule has 3 aromatic rings. The van der Waals surface area contributed by atoms with Crippen molar-refractivity contribution in [3.8, 4) is 11.3 Å². The first kappa shape index (κ1) is 16.8. The fraction of sp³-hybridized carbons (Fsp3) is 0.312. The highest BCUT2D eigenvalue weighted by Gasteiger charge is 2.18. The summed E-state index contributed by atoms with van der Waals surface area (Å²) in [5.41, 5.74) is 8.29. The number of pyridine rings is 1. The number of nitrogens with zero attached hydrogens (tertiary/aromatic N) is 4. The van der Waals surface area contributed by atoms with E-state index in [9.17, 15) is 4.39 Å². The summed E-state index contributed by atoms with van der Waals surface area (Å²) in [6.07, 6.45) is 3.81. The van der Waals surface area contributed by atoms with Crippen LogP contribution in [0.3, 0.4) is 0 Å². The van der Waals surface area contributed by atoms with E-state index in [1.54, 1.807) is 7.11 Å². The number of rotatable bonds is 5. The van der Waals surface area contributed by atoms with Gasteiger partial charge in [-0.2, -0.15) is 0 Å². The Labute approximate surface area is 147 Å². The molecule has 3 heterocycles. The van der Waals surface area contributed by atoms with Crippen molar-refractivity contribution in [1.29, 1.82) is 0 Å². The van der Waals surface area contributed by atoms with Crippen LogP contribution >= 0.6 is 15.9 Å². The monoisotopic (exact) mass is 393 g/mol. The second-order valence-electron chi connectivity index (χ2n) is 5.43. The molecular formula is C16H17BrFN5O. The Hall–Kier alpha value is -2.06. The number of ether oxygens (including phenoxy) is 1. The average Bonchev–Trinajstić information content (AvgIpc) is 2.88. The van der Waals surface area contributed by atoms with Crippen LogP contribution in [0.1, 0.15) is 12.1 Å². The van der Waals surface area contributed by atoms with Crippen molar-refractivity contribution < 1.29 is 9.13 Å². The van der Waals surface area contributed by atoms with E-state index >= 15 is 0 Å². The molecular weight excluding hydrogens is 377 g/mol. The molecule has 0 saturated carbocycles. The minimum absolute atomic E-state index is 0.0385. The number of nitrogens with two attached hydrogens (primary N) is 1. The molecule has 0 amide bonds. The molecule has 3 rings (SSSR count). The summed E-state index contributed by atoms with van der Waals surface area (Å²) in [6, 6.07) is 1.86. The summed E-state index contributed by atoms with van der Waals surface area (Å²) in [7, 11) is 1.67. The molecule has 8 heteroatoms. The summed E-state index contributed by atoms with van der Waals surface area (Å²) < 4.78 is 22.1. The molecule has 0 radical (unpaired) electrons. The van der Waals surface area contributed by atoms with Crippen molar-refractivity contribution in [2.75, 3.05) is 19.5 Å². The number of methoxy groups -OCH3 is 1. The fourth-order valence-corrected chi connectivity index (χ4v) is 3.29. The quantitative estimate of drug-likeness (QED) is 0.531. The van der Waals surface area contributed by atoms with Gasteiger partial charge in [0.2, 0.25) is 5.95 Å². The zero-order valence-corrected chi connectivity index (χ0v) is 15.0. The number of aromatic nitrogens is 4. The van der Waals surface area contributed by atoms with Crippen molar-refractivity contribution in [2.24, 2.45) is 0 Å². The van der Waals surface area contributed by atoms with E-state index in [1.807, 2.05) is 19.2 Å². The highest BCUT2D eigenvalue weighted by Crippen LogP contribution is 2.34. The van der Waals surface area contributed by atoms with Gasteiger partial charge in [0.15, 0.2) is 5.82 Å². The first-order valence-corrected chi connectivity index (χ1v) is 8.24. The van der Waals surface area contributed by atoms with Gasteiger partial charge in [-0.15, -0.1) is 0 Å². The van der Waals surface area contributed by atoms with Crippen molar-refractivity contribution in [1.82, 2.24) is 19.5 Å². The fourth-order valence-electron chi connectivity index (χ4n) is 2.80. The molecule has 0 saturated heterocycles. The van der Waals surface area contributed by atoms with Crippen LogP contribution in [0.5, 0.6) is 0 Å². The van der Waals surface area contributed by atoms with Crippen LogP contribution in [-0.4, -0.2) is 33.2 Å². The zero-order valence-electron chi connectivity index (χ0n) is 13.4. The first-order valence-electron chi connectivity index (χ1n) is 7.44. The third-order valence-electron chi connectivity index (χ3n) is 3.76.